The molecule has 0 saturated carbocycles. The maximum absolute atomic E-state index is 13.9. The zero-order valence-electron chi connectivity index (χ0n) is 30.4. The van der Waals surface area contributed by atoms with E-state index in [2.05, 4.69) is 33.9 Å². The summed E-state index contributed by atoms with van der Waals surface area (Å²) in [6.45, 7) is 11.7. The van der Waals surface area contributed by atoms with Gasteiger partial charge in [-0.2, -0.15) is 9.97 Å². The number of aromatic nitrogens is 2. The fraction of sp³-hybridized carbons (Fsp3) is 0.368. The number of hydrogen-bond acceptors (Lipinski definition) is 10. The average molecular weight is 731 g/mol. The predicted molar refractivity (Wildman–Crippen MR) is 200 cm³/mol. The van der Waals surface area contributed by atoms with Crippen LogP contribution in [0, 0.1) is 0 Å². The van der Waals surface area contributed by atoms with E-state index in [1.807, 2.05) is 49.9 Å². The van der Waals surface area contributed by atoms with Crippen LogP contribution in [-0.2, 0) is 25.0 Å². The molecule has 4 aromatic rings. The number of carbonyl (C=O) groups excluding carboxylic acids is 2. The monoisotopic (exact) mass is 730 g/mol. The summed E-state index contributed by atoms with van der Waals surface area (Å²) in [5.41, 5.74) is 2.51. The molecule has 3 aromatic carbocycles. The van der Waals surface area contributed by atoms with Gasteiger partial charge in [0, 0.05) is 31.9 Å². The first-order valence-corrected chi connectivity index (χ1v) is 18.6. The molecular formula is C38H46N6O7S. The van der Waals surface area contributed by atoms with Crippen LogP contribution in [0.5, 0.6) is 23.1 Å². The number of hydrogen-bond donors (Lipinski definition) is 2. The number of nitrogens with one attached hydrogen (secondary N) is 2. The fourth-order valence-corrected chi connectivity index (χ4v) is 6.55. The molecule has 1 aliphatic heterocycles. The molecule has 5 rings (SSSR count). The highest BCUT2D eigenvalue weighted by Gasteiger charge is 2.28. The second-order valence-electron chi connectivity index (χ2n) is 13.7. The van der Waals surface area contributed by atoms with Crippen LogP contribution < -0.4 is 29.1 Å². The highest BCUT2D eigenvalue weighted by Crippen LogP contribution is 2.42. The number of piperazine rings is 1. The minimum atomic E-state index is -4.21. The summed E-state index contributed by atoms with van der Waals surface area (Å²) in [6.07, 6.45) is 0.741. The summed E-state index contributed by atoms with van der Waals surface area (Å²) in [7, 11) is -2.72. The number of nitrogens with zero attached hydrogens (tertiary/aromatic N) is 4. The smallest absolute Gasteiger partial charge is 0.265 e. The van der Waals surface area contributed by atoms with Gasteiger partial charge >= 0.3 is 0 Å². The topological polar surface area (TPSA) is 152 Å². The molecule has 276 valence electrons. The van der Waals surface area contributed by atoms with E-state index in [9.17, 15) is 18.0 Å². The normalized spacial score (nSPS) is 13.4. The Morgan fingerprint density at radius 1 is 0.923 bits per heavy atom. The van der Waals surface area contributed by atoms with E-state index < -0.39 is 10.0 Å². The summed E-state index contributed by atoms with van der Waals surface area (Å²) in [5.74, 6) is 0.308. The first-order chi connectivity index (χ1) is 24.8. The van der Waals surface area contributed by atoms with Crippen molar-refractivity contribution in [2.24, 2.45) is 0 Å². The second kappa shape index (κ2) is 16.3. The van der Waals surface area contributed by atoms with Crippen molar-refractivity contribution >= 4 is 39.8 Å². The maximum atomic E-state index is 13.9. The molecule has 52 heavy (non-hydrogen) atoms. The number of rotatable bonds is 14. The van der Waals surface area contributed by atoms with Gasteiger partial charge < -0.3 is 29.3 Å². The van der Waals surface area contributed by atoms with E-state index in [0.717, 1.165) is 17.5 Å². The first-order valence-electron chi connectivity index (χ1n) is 17.1. The Bertz CT molecular complexity index is 1970. The largest absolute Gasteiger partial charge is 0.493 e. The van der Waals surface area contributed by atoms with Gasteiger partial charge in [0.15, 0.2) is 17.3 Å². The molecule has 2 heterocycles. The number of sulfonamides is 1. The third-order valence-corrected chi connectivity index (χ3v) is 9.89. The summed E-state index contributed by atoms with van der Waals surface area (Å²) in [4.78, 5) is 37.3. The van der Waals surface area contributed by atoms with E-state index in [0.29, 0.717) is 37.6 Å². The first kappa shape index (κ1) is 37.9. The van der Waals surface area contributed by atoms with Crippen LogP contribution in [0.25, 0.3) is 0 Å². The molecule has 0 aliphatic carbocycles. The summed E-state index contributed by atoms with van der Waals surface area (Å²) in [5, 5.41) is 2.96. The molecule has 0 unspecified atom stereocenters. The quantitative estimate of drug-likeness (QED) is 0.144. The molecule has 1 aliphatic rings. The summed E-state index contributed by atoms with van der Waals surface area (Å²) >= 11 is 0. The van der Waals surface area contributed by atoms with Crippen molar-refractivity contribution in [3.8, 4) is 23.1 Å². The van der Waals surface area contributed by atoms with E-state index >= 15 is 0 Å². The van der Waals surface area contributed by atoms with Gasteiger partial charge in [-0.3, -0.25) is 14.3 Å². The highest BCUT2D eigenvalue weighted by molar-refractivity contribution is 7.92. The fourth-order valence-electron chi connectivity index (χ4n) is 5.55. The van der Waals surface area contributed by atoms with E-state index in [4.69, 9.17) is 14.2 Å². The van der Waals surface area contributed by atoms with Crippen LogP contribution in [0.1, 0.15) is 58.1 Å². The van der Waals surface area contributed by atoms with Gasteiger partial charge in [-0.05, 0) is 52.8 Å². The van der Waals surface area contributed by atoms with Crippen LogP contribution in [0.2, 0.25) is 0 Å². The Labute approximate surface area is 305 Å². The van der Waals surface area contributed by atoms with Crippen molar-refractivity contribution in [1.29, 1.82) is 0 Å². The van der Waals surface area contributed by atoms with E-state index in [-0.39, 0.29) is 64.3 Å². The molecule has 0 atom stereocenters. The number of benzene rings is 3. The Balaban J connectivity index is 1.52. The standard InChI is InChI=1S/C38H46N6O7S/c1-26(2)29-11-7-8-12-30(29)39-33(46)19-24-50-36-34(51-32-14-10-9-13-31(32)49-6)35(40-37(41-36)44-22-20-43(25-45)21-23-44)42-52(47,48)28-17-15-27(16-18-28)38(3,4)5/h7-18,25-26H,19-24H2,1-6H3,(H,39,46)(H,40,41,42). The van der Waals surface area contributed by atoms with Crippen molar-refractivity contribution in [3.63, 3.8) is 0 Å². The Morgan fingerprint density at radius 3 is 2.21 bits per heavy atom. The molecular weight excluding hydrogens is 685 g/mol. The zero-order chi connectivity index (χ0) is 37.5. The number of anilines is 3. The number of para-hydroxylation sites is 3. The third-order valence-electron chi connectivity index (χ3n) is 8.54. The molecule has 1 saturated heterocycles. The zero-order valence-corrected chi connectivity index (χ0v) is 31.2. The third kappa shape index (κ3) is 9.29. The summed E-state index contributed by atoms with van der Waals surface area (Å²) < 4.78 is 48.4. The number of methoxy groups -OCH3 is 1. The SMILES string of the molecule is COc1ccccc1Oc1c(NS(=O)(=O)c2ccc(C(C)(C)C)cc2)nc(N2CCN(C=O)CC2)nc1OCCC(=O)Nc1ccccc1C(C)C. The van der Waals surface area contributed by atoms with Crippen LogP contribution in [0.15, 0.2) is 77.7 Å². The Morgan fingerprint density at radius 2 is 1.58 bits per heavy atom. The minimum Gasteiger partial charge on any atom is -0.493 e. The van der Waals surface area contributed by atoms with Crippen LogP contribution in [-0.4, -0.2) is 75.5 Å². The van der Waals surface area contributed by atoms with Crippen molar-refractivity contribution in [2.75, 3.05) is 54.8 Å². The molecule has 0 spiro atoms. The van der Waals surface area contributed by atoms with Gasteiger partial charge in [-0.25, -0.2) is 8.42 Å². The van der Waals surface area contributed by atoms with Crippen molar-refractivity contribution < 1.29 is 32.2 Å². The molecule has 1 fully saturated rings. The lowest BCUT2D eigenvalue weighted by Gasteiger charge is -2.33. The Kier molecular flexibility index (Phi) is 11.9. The number of amides is 2. The second-order valence-corrected chi connectivity index (χ2v) is 15.3. The van der Waals surface area contributed by atoms with E-state index in [1.165, 1.54) is 19.2 Å². The van der Waals surface area contributed by atoms with Gasteiger partial charge in [0.25, 0.3) is 15.9 Å². The summed E-state index contributed by atoms with van der Waals surface area (Å²) in [6, 6.07) is 21.1. The van der Waals surface area contributed by atoms with Gasteiger partial charge in [-0.1, -0.05) is 77.1 Å². The van der Waals surface area contributed by atoms with Crippen LogP contribution in [0.3, 0.4) is 0 Å². The van der Waals surface area contributed by atoms with E-state index in [1.54, 1.807) is 41.3 Å². The van der Waals surface area contributed by atoms with Crippen molar-refractivity contribution in [2.45, 2.75) is 57.3 Å². The molecule has 13 nitrogen and oxygen atoms in total. The molecule has 0 bridgehead atoms. The maximum Gasteiger partial charge on any atom is 0.265 e. The van der Waals surface area contributed by atoms with Gasteiger partial charge in [0.2, 0.25) is 24.0 Å². The lowest BCUT2D eigenvalue weighted by atomic mass is 9.87. The van der Waals surface area contributed by atoms with Crippen molar-refractivity contribution in [1.82, 2.24) is 14.9 Å². The van der Waals surface area contributed by atoms with Gasteiger partial charge in [0.05, 0.1) is 25.0 Å². The Hall–Kier alpha value is -5.37. The molecule has 1 aromatic heterocycles. The lowest BCUT2D eigenvalue weighted by molar-refractivity contribution is -0.118. The average Bonchev–Trinajstić information content (AvgIpc) is 3.12. The molecule has 0 radical (unpaired) electrons. The lowest BCUT2D eigenvalue weighted by Crippen LogP contribution is -2.46. The van der Waals surface area contributed by atoms with Gasteiger partial charge in [0.1, 0.15) is 0 Å². The predicted octanol–water partition coefficient (Wildman–Crippen LogP) is 6.19. The van der Waals surface area contributed by atoms with Gasteiger partial charge in [-0.15, -0.1) is 0 Å². The minimum absolute atomic E-state index is 0.0179. The number of carbonyl (C=O) groups is 2. The molecule has 14 heteroatoms. The van der Waals surface area contributed by atoms with Crippen molar-refractivity contribution in [3.05, 3.63) is 83.9 Å². The number of ether oxygens (including phenoxy) is 3. The highest BCUT2D eigenvalue weighted by atomic mass is 32.2. The van der Waals surface area contributed by atoms with Crippen LogP contribution in [0.4, 0.5) is 17.5 Å². The molecule has 2 N–H and O–H groups in total. The van der Waals surface area contributed by atoms with Crippen LogP contribution >= 0.6 is 0 Å². The molecule has 2 amide bonds.